The third-order valence-corrected chi connectivity index (χ3v) is 8.30. The monoisotopic (exact) mass is 426 g/mol. The SMILES string of the molecule is Cc1ccc2c(c1)OC(C)(C)[C@H]1CC3(CCN(C(=O)c4scnc4C)CC3)CO[C@H]21. The van der Waals surface area contributed by atoms with Crippen LogP contribution in [-0.2, 0) is 4.74 Å². The number of aryl methyl sites for hydroxylation is 2. The number of thiazole rings is 1. The molecule has 1 aromatic heterocycles. The third-order valence-electron chi connectivity index (χ3n) is 7.38. The number of hydrogen-bond acceptors (Lipinski definition) is 5. The maximum Gasteiger partial charge on any atom is 0.265 e. The first-order valence-corrected chi connectivity index (χ1v) is 11.8. The Labute approximate surface area is 182 Å². The summed E-state index contributed by atoms with van der Waals surface area (Å²) in [7, 11) is 0. The number of aromatic nitrogens is 1. The number of carbonyl (C=O) groups is 1. The Morgan fingerprint density at radius 3 is 2.70 bits per heavy atom. The van der Waals surface area contributed by atoms with Crippen LogP contribution in [0.2, 0.25) is 0 Å². The van der Waals surface area contributed by atoms with Crippen LogP contribution in [0.25, 0.3) is 0 Å². The van der Waals surface area contributed by atoms with Gasteiger partial charge in [0.05, 0.1) is 23.9 Å². The Hall–Kier alpha value is -1.92. The Balaban J connectivity index is 1.33. The van der Waals surface area contributed by atoms with E-state index in [1.54, 1.807) is 5.51 Å². The van der Waals surface area contributed by atoms with Gasteiger partial charge in [0.25, 0.3) is 5.91 Å². The van der Waals surface area contributed by atoms with Crippen LogP contribution in [0.5, 0.6) is 5.75 Å². The molecule has 2 fully saturated rings. The molecule has 0 bridgehead atoms. The molecule has 1 amide bonds. The fraction of sp³-hybridized carbons (Fsp3) is 0.583. The molecule has 1 spiro atoms. The molecule has 4 heterocycles. The highest BCUT2D eigenvalue weighted by Crippen LogP contribution is 2.55. The molecule has 2 atom stereocenters. The second-order valence-electron chi connectivity index (χ2n) is 9.85. The standard InChI is InChI=1S/C24H30N2O3S/c1-15-5-6-17-19(11-15)29-23(3,4)18-12-24(13-28-20(17)18)7-9-26(10-8-24)22(27)21-16(2)25-14-30-21/h5-6,11,14,18,20H,7-10,12-13H2,1-4H3/t18-,20+/m0/s1. The van der Waals surface area contributed by atoms with E-state index in [1.807, 2.05) is 11.8 Å². The Bertz CT molecular complexity index is 975. The van der Waals surface area contributed by atoms with E-state index < -0.39 is 0 Å². The number of amides is 1. The predicted molar refractivity (Wildman–Crippen MR) is 117 cm³/mol. The average molecular weight is 427 g/mol. The molecule has 6 heteroatoms. The largest absolute Gasteiger partial charge is 0.487 e. The van der Waals surface area contributed by atoms with Gasteiger partial charge in [0, 0.05) is 24.6 Å². The van der Waals surface area contributed by atoms with Gasteiger partial charge >= 0.3 is 0 Å². The van der Waals surface area contributed by atoms with E-state index in [9.17, 15) is 4.79 Å². The number of fused-ring (bicyclic) bond motifs is 3. The van der Waals surface area contributed by atoms with Crippen molar-refractivity contribution in [2.75, 3.05) is 19.7 Å². The number of nitrogens with zero attached hydrogens (tertiary/aromatic N) is 2. The van der Waals surface area contributed by atoms with Gasteiger partial charge in [0.2, 0.25) is 0 Å². The molecule has 0 aliphatic carbocycles. The van der Waals surface area contributed by atoms with E-state index in [2.05, 4.69) is 44.0 Å². The zero-order chi connectivity index (χ0) is 21.1. The summed E-state index contributed by atoms with van der Waals surface area (Å²) in [5, 5.41) is 0. The molecule has 30 heavy (non-hydrogen) atoms. The van der Waals surface area contributed by atoms with Gasteiger partial charge in [0.1, 0.15) is 16.2 Å². The minimum absolute atomic E-state index is 0.0921. The molecule has 0 radical (unpaired) electrons. The number of rotatable bonds is 1. The zero-order valence-corrected chi connectivity index (χ0v) is 19.1. The van der Waals surface area contributed by atoms with Crippen LogP contribution in [-0.4, -0.2) is 41.1 Å². The summed E-state index contributed by atoms with van der Waals surface area (Å²) in [6.45, 7) is 10.7. The first-order valence-electron chi connectivity index (χ1n) is 10.9. The molecule has 5 rings (SSSR count). The van der Waals surface area contributed by atoms with Gasteiger partial charge in [-0.15, -0.1) is 11.3 Å². The fourth-order valence-corrected chi connectivity index (χ4v) is 6.21. The van der Waals surface area contributed by atoms with E-state index in [4.69, 9.17) is 9.47 Å². The second kappa shape index (κ2) is 7.06. The van der Waals surface area contributed by atoms with Gasteiger partial charge in [-0.05, 0) is 64.0 Å². The molecule has 3 aliphatic rings. The maximum atomic E-state index is 12.9. The number of carbonyl (C=O) groups excluding carboxylic acids is 1. The van der Waals surface area contributed by atoms with Crippen LogP contribution in [0, 0.1) is 25.2 Å². The molecule has 0 N–H and O–H groups in total. The lowest BCUT2D eigenvalue weighted by atomic mass is 9.64. The van der Waals surface area contributed by atoms with Crippen molar-refractivity contribution in [3.05, 3.63) is 45.4 Å². The Morgan fingerprint density at radius 1 is 1.23 bits per heavy atom. The van der Waals surface area contributed by atoms with Crippen LogP contribution < -0.4 is 4.74 Å². The molecule has 0 saturated carbocycles. The molecule has 3 aliphatic heterocycles. The molecule has 0 unspecified atom stereocenters. The van der Waals surface area contributed by atoms with E-state index in [1.165, 1.54) is 22.5 Å². The first-order chi connectivity index (χ1) is 14.3. The van der Waals surface area contributed by atoms with E-state index >= 15 is 0 Å². The summed E-state index contributed by atoms with van der Waals surface area (Å²) >= 11 is 1.44. The molecule has 160 valence electrons. The smallest absolute Gasteiger partial charge is 0.265 e. The van der Waals surface area contributed by atoms with Gasteiger partial charge in [-0.3, -0.25) is 4.79 Å². The minimum atomic E-state index is -0.272. The summed E-state index contributed by atoms with van der Waals surface area (Å²) < 4.78 is 13.0. The van der Waals surface area contributed by atoms with E-state index in [0.717, 1.165) is 55.3 Å². The summed E-state index contributed by atoms with van der Waals surface area (Å²) in [5.74, 6) is 1.41. The van der Waals surface area contributed by atoms with E-state index in [-0.39, 0.29) is 23.0 Å². The van der Waals surface area contributed by atoms with Crippen LogP contribution >= 0.6 is 11.3 Å². The van der Waals surface area contributed by atoms with Crippen LogP contribution in [0.15, 0.2) is 23.7 Å². The summed E-state index contributed by atoms with van der Waals surface area (Å²) in [6, 6.07) is 6.46. The van der Waals surface area contributed by atoms with Crippen molar-refractivity contribution in [3.8, 4) is 5.75 Å². The van der Waals surface area contributed by atoms with Crippen molar-refractivity contribution in [3.63, 3.8) is 0 Å². The number of hydrogen-bond donors (Lipinski definition) is 0. The first kappa shape index (κ1) is 20.0. The number of benzene rings is 1. The third kappa shape index (κ3) is 3.25. The lowest BCUT2D eigenvalue weighted by Crippen LogP contribution is -2.54. The lowest BCUT2D eigenvalue weighted by molar-refractivity contribution is -0.173. The predicted octanol–water partition coefficient (Wildman–Crippen LogP) is 4.93. The van der Waals surface area contributed by atoms with Gasteiger partial charge in [0.15, 0.2) is 0 Å². The highest BCUT2D eigenvalue weighted by atomic mass is 32.1. The van der Waals surface area contributed by atoms with Crippen molar-refractivity contribution in [2.45, 2.75) is 58.7 Å². The lowest BCUT2D eigenvalue weighted by Gasteiger charge is -2.54. The molecule has 2 aromatic rings. The second-order valence-corrected chi connectivity index (χ2v) is 10.7. The van der Waals surface area contributed by atoms with E-state index in [0.29, 0.717) is 5.92 Å². The Kier molecular flexibility index (Phi) is 4.71. The quantitative estimate of drug-likeness (QED) is 0.649. The van der Waals surface area contributed by atoms with Crippen molar-refractivity contribution in [2.24, 2.45) is 11.3 Å². The van der Waals surface area contributed by atoms with Gasteiger partial charge in [-0.2, -0.15) is 0 Å². The van der Waals surface area contributed by atoms with Gasteiger partial charge in [-0.1, -0.05) is 12.1 Å². The average Bonchev–Trinajstić information content (AvgIpc) is 3.14. The normalized spacial score (nSPS) is 26.6. The molecule has 1 aromatic carbocycles. The Morgan fingerprint density at radius 2 is 2.00 bits per heavy atom. The van der Waals surface area contributed by atoms with Crippen molar-refractivity contribution >= 4 is 17.2 Å². The van der Waals surface area contributed by atoms with Gasteiger partial charge < -0.3 is 14.4 Å². The summed E-state index contributed by atoms with van der Waals surface area (Å²) in [6.07, 6.45) is 3.14. The molecule has 2 saturated heterocycles. The number of piperidine rings is 1. The van der Waals surface area contributed by atoms with Gasteiger partial charge in [-0.25, -0.2) is 4.98 Å². The van der Waals surface area contributed by atoms with Crippen molar-refractivity contribution < 1.29 is 14.3 Å². The van der Waals surface area contributed by atoms with Crippen LogP contribution in [0.3, 0.4) is 0 Å². The molecule has 5 nitrogen and oxygen atoms in total. The topological polar surface area (TPSA) is 51.7 Å². The summed E-state index contributed by atoms with van der Waals surface area (Å²) in [5.41, 5.74) is 4.85. The molecular formula is C24H30N2O3S. The minimum Gasteiger partial charge on any atom is -0.487 e. The highest BCUT2D eigenvalue weighted by Gasteiger charge is 2.52. The zero-order valence-electron chi connectivity index (χ0n) is 18.2. The fourth-order valence-electron chi connectivity index (χ4n) is 5.44. The number of likely N-dealkylation sites (tertiary alicyclic amines) is 1. The number of ether oxygens (including phenoxy) is 2. The van der Waals surface area contributed by atoms with Crippen LogP contribution in [0.4, 0.5) is 0 Å². The van der Waals surface area contributed by atoms with Crippen LogP contribution in [0.1, 0.15) is 65.7 Å². The maximum absolute atomic E-state index is 12.9. The molecular weight excluding hydrogens is 396 g/mol. The van der Waals surface area contributed by atoms with Crippen molar-refractivity contribution in [1.29, 1.82) is 0 Å². The van der Waals surface area contributed by atoms with Crippen molar-refractivity contribution in [1.82, 2.24) is 9.88 Å². The summed E-state index contributed by atoms with van der Waals surface area (Å²) in [4.78, 5) is 19.9. The highest BCUT2D eigenvalue weighted by molar-refractivity contribution is 7.11.